The standard InChI is InChI=1S/C21H22FN3O2/c1-14(2)16-8-6-15(7-9-16)13-23-19(26)10-11-20-24-21(25-27-20)17-4-3-5-18(22)12-17/h3-9,12,14H,10-11,13H2,1-2H3,(H,23,26). The van der Waals surface area contributed by atoms with E-state index < -0.39 is 0 Å². The average molecular weight is 367 g/mol. The molecule has 0 saturated carbocycles. The number of hydrogen-bond donors (Lipinski definition) is 1. The van der Waals surface area contributed by atoms with Gasteiger partial charge >= 0.3 is 0 Å². The third kappa shape index (κ3) is 5.23. The number of rotatable bonds is 7. The van der Waals surface area contributed by atoms with Gasteiger partial charge in [0.05, 0.1) is 0 Å². The predicted octanol–water partition coefficient (Wildman–Crippen LogP) is 4.25. The number of hydrogen-bond acceptors (Lipinski definition) is 4. The molecule has 0 bridgehead atoms. The highest BCUT2D eigenvalue weighted by Gasteiger charge is 2.11. The number of benzene rings is 2. The molecule has 5 nitrogen and oxygen atoms in total. The third-order valence-corrected chi connectivity index (χ3v) is 4.25. The van der Waals surface area contributed by atoms with Crippen LogP contribution in [0.3, 0.4) is 0 Å². The molecule has 0 aliphatic heterocycles. The van der Waals surface area contributed by atoms with Gasteiger partial charge in [-0.05, 0) is 29.2 Å². The van der Waals surface area contributed by atoms with Gasteiger partial charge < -0.3 is 9.84 Å². The molecule has 0 fully saturated rings. The second kappa shape index (κ2) is 8.58. The smallest absolute Gasteiger partial charge is 0.227 e. The maximum absolute atomic E-state index is 13.3. The van der Waals surface area contributed by atoms with Crippen LogP contribution in [0.4, 0.5) is 4.39 Å². The Bertz CT molecular complexity index is 904. The normalized spacial score (nSPS) is 11.0. The van der Waals surface area contributed by atoms with Crippen molar-refractivity contribution in [2.24, 2.45) is 0 Å². The molecule has 1 heterocycles. The molecule has 3 rings (SSSR count). The van der Waals surface area contributed by atoms with Crippen LogP contribution in [0, 0.1) is 5.82 Å². The van der Waals surface area contributed by atoms with E-state index in [2.05, 4.69) is 41.4 Å². The summed E-state index contributed by atoms with van der Waals surface area (Å²) in [5.41, 5.74) is 2.87. The van der Waals surface area contributed by atoms with Crippen LogP contribution in [0.5, 0.6) is 0 Å². The van der Waals surface area contributed by atoms with Crippen molar-refractivity contribution in [1.82, 2.24) is 15.5 Å². The third-order valence-electron chi connectivity index (χ3n) is 4.25. The molecule has 3 aromatic rings. The molecule has 2 aromatic carbocycles. The van der Waals surface area contributed by atoms with Crippen LogP contribution in [0.1, 0.15) is 43.2 Å². The van der Waals surface area contributed by atoms with E-state index in [4.69, 9.17) is 4.52 Å². The Labute approximate surface area is 157 Å². The van der Waals surface area contributed by atoms with E-state index in [1.54, 1.807) is 12.1 Å². The van der Waals surface area contributed by atoms with Crippen molar-refractivity contribution in [3.8, 4) is 11.4 Å². The van der Waals surface area contributed by atoms with E-state index in [0.29, 0.717) is 36.2 Å². The Hall–Kier alpha value is -3.02. The number of aryl methyl sites for hydroxylation is 1. The molecule has 1 amide bonds. The van der Waals surface area contributed by atoms with Crippen LogP contribution in [-0.2, 0) is 17.8 Å². The molecule has 27 heavy (non-hydrogen) atoms. The van der Waals surface area contributed by atoms with Crippen molar-refractivity contribution in [2.75, 3.05) is 0 Å². The zero-order valence-electron chi connectivity index (χ0n) is 15.4. The van der Waals surface area contributed by atoms with E-state index in [-0.39, 0.29) is 18.1 Å². The van der Waals surface area contributed by atoms with Crippen molar-refractivity contribution in [3.63, 3.8) is 0 Å². The summed E-state index contributed by atoms with van der Waals surface area (Å²) in [7, 11) is 0. The molecule has 140 valence electrons. The molecule has 0 unspecified atom stereocenters. The minimum atomic E-state index is -0.361. The Balaban J connectivity index is 1.48. The lowest BCUT2D eigenvalue weighted by atomic mass is 10.0. The van der Waals surface area contributed by atoms with Crippen molar-refractivity contribution < 1.29 is 13.7 Å². The Kier molecular flexibility index (Phi) is 5.96. The van der Waals surface area contributed by atoms with Gasteiger partial charge in [-0.1, -0.05) is 55.4 Å². The SMILES string of the molecule is CC(C)c1ccc(CNC(=O)CCc2nc(-c3cccc(F)c3)no2)cc1. The molecular formula is C21H22FN3O2. The van der Waals surface area contributed by atoms with E-state index in [0.717, 1.165) is 5.56 Å². The summed E-state index contributed by atoms with van der Waals surface area (Å²) in [5.74, 6) is 0.703. The molecule has 1 aromatic heterocycles. The van der Waals surface area contributed by atoms with Gasteiger partial charge in [0, 0.05) is 24.9 Å². The highest BCUT2D eigenvalue weighted by Crippen LogP contribution is 2.17. The number of nitrogens with one attached hydrogen (secondary N) is 1. The summed E-state index contributed by atoms with van der Waals surface area (Å²) in [5, 5.41) is 6.72. The van der Waals surface area contributed by atoms with Crippen LogP contribution in [0.15, 0.2) is 53.1 Å². The minimum absolute atomic E-state index is 0.0894. The molecule has 0 aliphatic carbocycles. The van der Waals surface area contributed by atoms with Crippen molar-refractivity contribution in [2.45, 2.75) is 39.2 Å². The Morgan fingerprint density at radius 3 is 2.67 bits per heavy atom. The topological polar surface area (TPSA) is 68.0 Å². The van der Waals surface area contributed by atoms with Gasteiger partial charge in [0.15, 0.2) is 0 Å². The summed E-state index contributed by atoms with van der Waals surface area (Å²) in [6.07, 6.45) is 0.579. The number of amides is 1. The van der Waals surface area contributed by atoms with Gasteiger partial charge in [-0.25, -0.2) is 4.39 Å². The summed E-state index contributed by atoms with van der Waals surface area (Å²) in [6.45, 7) is 4.78. The first-order valence-electron chi connectivity index (χ1n) is 8.95. The monoisotopic (exact) mass is 367 g/mol. The summed E-state index contributed by atoms with van der Waals surface area (Å²) in [4.78, 5) is 16.2. The summed E-state index contributed by atoms with van der Waals surface area (Å²) in [6, 6.07) is 14.2. The fraction of sp³-hybridized carbons (Fsp3) is 0.286. The molecule has 6 heteroatoms. The lowest BCUT2D eigenvalue weighted by molar-refractivity contribution is -0.121. The van der Waals surface area contributed by atoms with Crippen molar-refractivity contribution >= 4 is 5.91 Å². The van der Waals surface area contributed by atoms with Crippen LogP contribution < -0.4 is 5.32 Å². The second-order valence-electron chi connectivity index (χ2n) is 6.70. The lowest BCUT2D eigenvalue weighted by Gasteiger charge is -2.08. The highest BCUT2D eigenvalue weighted by atomic mass is 19.1. The predicted molar refractivity (Wildman–Crippen MR) is 100 cm³/mol. The number of nitrogens with zero attached hydrogens (tertiary/aromatic N) is 2. The number of aromatic nitrogens is 2. The van der Waals surface area contributed by atoms with Crippen molar-refractivity contribution in [3.05, 3.63) is 71.4 Å². The number of carbonyl (C=O) groups is 1. The lowest BCUT2D eigenvalue weighted by Crippen LogP contribution is -2.23. The molecule has 0 aliphatic rings. The van der Waals surface area contributed by atoms with Crippen LogP contribution in [-0.4, -0.2) is 16.0 Å². The maximum atomic E-state index is 13.3. The molecule has 0 atom stereocenters. The van der Waals surface area contributed by atoms with Gasteiger partial charge in [-0.15, -0.1) is 0 Å². The Morgan fingerprint density at radius 1 is 1.19 bits per heavy atom. The Morgan fingerprint density at radius 2 is 1.96 bits per heavy atom. The first-order chi connectivity index (χ1) is 13.0. The quantitative estimate of drug-likeness (QED) is 0.678. The van der Waals surface area contributed by atoms with Gasteiger partial charge in [0.2, 0.25) is 17.6 Å². The van der Waals surface area contributed by atoms with Crippen LogP contribution >= 0.6 is 0 Å². The zero-order chi connectivity index (χ0) is 19.2. The molecule has 1 N–H and O–H groups in total. The van der Waals surface area contributed by atoms with Crippen LogP contribution in [0.25, 0.3) is 11.4 Å². The van der Waals surface area contributed by atoms with E-state index in [1.165, 1.54) is 17.7 Å². The fourth-order valence-electron chi connectivity index (χ4n) is 2.63. The van der Waals surface area contributed by atoms with Gasteiger partial charge in [-0.3, -0.25) is 4.79 Å². The summed E-state index contributed by atoms with van der Waals surface area (Å²) < 4.78 is 18.4. The van der Waals surface area contributed by atoms with Crippen LogP contribution in [0.2, 0.25) is 0 Å². The largest absolute Gasteiger partial charge is 0.352 e. The first-order valence-corrected chi connectivity index (χ1v) is 8.95. The molecule has 0 saturated heterocycles. The molecule has 0 spiro atoms. The minimum Gasteiger partial charge on any atom is -0.352 e. The average Bonchev–Trinajstić information content (AvgIpc) is 3.14. The summed E-state index contributed by atoms with van der Waals surface area (Å²) >= 11 is 0. The van der Waals surface area contributed by atoms with Gasteiger partial charge in [-0.2, -0.15) is 4.98 Å². The molecule has 0 radical (unpaired) electrons. The highest BCUT2D eigenvalue weighted by molar-refractivity contribution is 5.76. The molecular weight excluding hydrogens is 345 g/mol. The van der Waals surface area contributed by atoms with Gasteiger partial charge in [0.25, 0.3) is 0 Å². The van der Waals surface area contributed by atoms with E-state index >= 15 is 0 Å². The van der Waals surface area contributed by atoms with E-state index in [1.807, 2.05) is 12.1 Å². The van der Waals surface area contributed by atoms with E-state index in [9.17, 15) is 9.18 Å². The van der Waals surface area contributed by atoms with Crippen molar-refractivity contribution in [1.29, 1.82) is 0 Å². The van der Waals surface area contributed by atoms with Gasteiger partial charge in [0.1, 0.15) is 5.82 Å². The zero-order valence-corrected chi connectivity index (χ0v) is 15.4. The number of halogens is 1. The number of carbonyl (C=O) groups excluding carboxylic acids is 1. The maximum Gasteiger partial charge on any atom is 0.227 e. The fourth-order valence-corrected chi connectivity index (χ4v) is 2.63. The first kappa shape index (κ1) is 18.8. The second-order valence-corrected chi connectivity index (χ2v) is 6.70.